The predicted octanol–water partition coefficient (Wildman–Crippen LogP) is 1.53. The van der Waals surface area contributed by atoms with Crippen LogP contribution in [0.25, 0.3) is 0 Å². The second-order valence-corrected chi connectivity index (χ2v) is 8.14. The Balaban J connectivity index is 3.13. The summed E-state index contributed by atoms with van der Waals surface area (Å²) in [6, 6.07) is -1.11. The monoisotopic (exact) mass is 385 g/mol. The van der Waals surface area contributed by atoms with Gasteiger partial charge >= 0.3 is 6.09 Å². The Labute approximate surface area is 159 Å². The highest BCUT2D eigenvalue weighted by molar-refractivity contribution is 6.11. The molecule has 1 saturated carbocycles. The molecule has 9 heteroatoms. The first-order chi connectivity index (χ1) is 12.5. The number of methoxy groups -OCH3 is 1. The van der Waals surface area contributed by atoms with Crippen LogP contribution < -0.4 is 5.73 Å². The summed E-state index contributed by atoms with van der Waals surface area (Å²) < 4.78 is 4.61. The molecule has 27 heavy (non-hydrogen) atoms. The number of nitrogens with zero attached hydrogens (tertiary/aromatic N) is 2. The molecule has 1 rings (SSSR count). The molecule has 0 aliphatic heterocycles. The fourth-order valence-electron chi connectivity index (χ4n) is 3.24. The first kappa shape index (κ1) is 23.0. The molecule has 0 aromatic heterocycles. The Hall–Kier alpha value is -2.00. The Morgan fingerprint density at radius 3 is 2.22 bits per heavy atom. The minimum absolute atomic E-state index is 0.181. The van der Waals surface area contributed by atoms with E-state index in [1.54, 1.807) is 20.8 Å². The lowest BCUT2D eigenvalue weighted by Gasteiger charge is -2.31. The van der Waals surface area contributed by atoms with Gasteiger partial charge in [0.05, 0.1) is 25.6 Å². The van der Waals surface area contributed by atoms with E-state index in [-0.39, 0.29) is 18.9 Å². The van der Waals surface area contributed by atoms with E-state index in [1.165, 1.54) is 0 Å². The van der Waals surface area contributed by atoms with Crippen LogP contribution in [0.5, 0.6) is 0 Å². The van der Waals surface area contributed by atoms with Crippen molar-refractivity contribution in [3.63, 3.8) is 0 Å². The summed E-state index contributed by atoms with van der Waals surface area (Å²) in [6.45, 7) is 4.83. The molecule has 154 valence electrons. The maximum absolute atomic E-state index is 13.1. The smallest absolute Gasteiger partial charge is 0.423 e. The van der Waals surface area contributed by atoms with E-state index in [0.717, 1.165) is 32.8 Å². The number of imide groups is 3. The molecule has 0 unspecified atom stereocenters. The number of carbonyl (C=O) groups is 4. The molecule has 0 heterocycles. The third-order valence-corrected chi connectivity index (χ3v) is 4.97. The molecule has 0 aromatic carbocycles. The second kappa shape index (κ2) is 9.80. The van der Waals surface area contributed by atoms with Gasteiger partial charge in [-0.1, -0.05) is 46.5 Å². The number of carbonyl (C=O) groups excluding carboxylic acids is 4. The summed E-state index contributed by atoms with van der Waals surface area (Å²) in [4.78, 5) is 49.2. The lowest BCUT2D eigenvalue weighted by molar-refractivity contribution is -0.158. The van der Waals surface area contributed by atoms with Crippen LogP contribution in [0, 0.1) is 17.3 Å². The first-order valence-electron chi connectivity index (χ1n) is 9.15. The molecule has 0 spiro atoms. The average Bonchev–Trinajstić information content (AvgIpc) is 3.12. The van der Waals surface area contributed by atoms with Gasteiger partial charge in [0.2, 0.25) is 12.3 Å². The molecule has 0 bridgehead atoms. The van der Waals surface area contributed by atoms with Crippen LogP contribution in [0.4, 0.5) is 4.79 Å². The van der Waals surface area contributed by atoms with E-state index in [1.807, 2.05) is 0 Å². The summed E-state index contributed by atoms with van der Waals surface area (Å²) in [7, 11) is 1.06. The van der Waals surface area contributed by atoms with Crippen LogP contribution in [0.1, 0.15) is 52.9 Å². The van der Waals surface area contributed by atoms with Gasteiger partial charge in [0.1, 0.15) is 0 Å². The molecule has 0 aromatic rings. The first-order valence-corrected chi connectivity index (χ1v) is 9.15. The molecule has 3 N–H and O–H groups in total. The number of hydroxylamine groups is 2. The minimum atomic E-state index is -1.13. The van der Waals surface area contributed by atoms with Gasteiger partial charge in [0.15, 0.2) is 0 Å². The van der Waals surface area contributed by atoms with Gasteiger partial charge in [0.25, 0.3) is 5.91 Å². The van der Waals surface area contributed by atoms with Crippen LogP contribution >= 0.6 is 0 Å². The molecule has 1 aliphatic carbocycles. The third-order valence-electron chi connectivity index (χ3n) is 4.97. The van der Waals surface area contributed by atoms with Crippen molar-refractivity contribution in [2.45, 2.75) is 58.9 Å². The van der Waals surface area contributed by atoms with Crippen molar-refractivity contribution in [2.75, 3.05) is 13.7 Å². The molecule has 1 fully saturated rings. The largest absolute Gasteiger partial charge is 0.452 e. The molecule has 4 amide bonds. The van der Waals surface area contributed by atoms with E-state index in [9.17, 15) is 24.4 Å². The number of rotatable bonds is 7. The highest BCUT2D eigenvalue weighted by atomic mass is 16.5. The summed E-state index contributed by atoms with van der Waals surface area (Å²) >= 11 is 0. The molecule has 0 radical (unpaired) electrons. The Bertz CT molecular complexity index is 554. The lowest BCUT2D eigenvalue weighted by atomic mass is 9.86. The fraction of sp³-hybridized carbons (Fsp3) is 0.778. The minimum Gasteiger partial charge on any atom is -0.452 e. The number of nitrogens with two attached hydrogens (primary N) is 1. The van der Waals surface area contributed by atoms with Gasteiger partial charge in [-0.25, -0.2) is 9.86 Å². The number of hydrogen-bond acceptors (Lipinski definition) is 7. The third kappa shape index (κ3) is 6.28. The topological polar surface area (TPSA) is 130 Å². The van der Waals surface area contributed by atoms with Gasteiger partial charge < -0.3 is 10.5 Å². The van der Waals surface area contributed by atoms with Gasteiger partial charge in [-0.3, -0.25) is 19.6 Å². The van der Waals surface area contributed by atoms with Crippen molar-refractivity contribution >= 4 is 24.3 Å². The van der Waals surface area contributed by atoms with E-state index < -0.39 is 35.3 Å². The zero-order valence-electron chi connectivity index (χ0n) is 16.5. The lowest BCUT2D eigenvalue weighted by Crippen LogP contribution is -2.56. The van der Waals surface area contributed by atoms with E-state index in [4.69, 9.17) is 5.73 Å². The van der Waals surface area contributed by atoms with Crippen LogP contribution in [0.3, 0.4) is 0 Å². The normalized spacial score (nSPS) is 17.1. The maximum Gasteiger partial charge on any atom is 0.423 e. The summed E-state index contributed by atoms with van der Waals surface area (Å²) in [6.07, 6.45) is 3.33. The summed E-state index contributed by atoms with van der Waals surface area (Å²) in [5, 5.41) is 9.92. The number of ether oxygens (including phenoxy) is 1. The van der Waals surface area contributed by atoms with Gasteiger partial charge in [-0.2, -0.15) is 4.90 Å². The van der Waals surface area contributed by atoms with Crippen molar-refractivity contribution in [1.82, 2.24) is 9.96 Å². The number of amides is 4. The molecule has 1 aliphatic rings. The molecule has 2 atom stereocenters. The SMILES string of the molecule is COC(=O)N(C(=O)[C@H](CC1CCCC1)CN(O)C=O)C(=O)[C@@H](N)C(C)(C)C. The second-order valence-electron chi connectivity index (χ2n) is 8.14. The van der Waals surface area contributed by atoms with Crippen LogP contribution in [-0.4, -0.2) is 59.2 Å². The van der Waals surface area contributed by atoms with Crippen molar-refractivity contribution in [1.29, 1.82) is 0 Å². The highest BCUT2D eigenvalue weighted by Crippen LogP contribution is 2.31. The predicted molar refractivity (Wildman–Crippen MR) is 96.3 cm³/mol. The van der Waals surface area contributed by atoms with Gasteiger partial charge in [-0.05, 0) is 17.8 Å². The Morgan fingerprint density at radius 1 is 1.22 bits per heavy atom. The van der Waals surface area contributed by atoms with Crippen molar-refractivity contribution < 1.29 is 29.1 Å². The van der Waals surface area contributed by atoms with Gasteiger partial charge in [0, 0.05) is 0 Å². The molecular weight excluding hydrogens is 354 g/mol. The van der Waals surface area contributed by atoms with Crippen molar-refractivity contribution in [3.8, 4) is 0 Å². The zero-order valence-corrected chi connectivity index (χ0v) is 16.5. The molecule has 0 saturated heterocycles. The van der Waals surface area contributed by atoms with Crippen LogP contribution in [0.2, 0.25) is 0 Å². The molecular formula is C18H31N3O6. The number of hydrogen-bond donors (Lipinski definition) is 2. The zero-order chi connectivity index (χ0) is 20.8. The maximum atomic E-state index is 13.1. The standard InChI is InChI=1S/C18H31N3O6/c1-18(2,3)14(19)16(24)21(17(25)27-4)15(23)13(10-20(26)11-22)9-12-7-5-6-8-12/h11-14,26H,5-10,19H2,1-4H3/t13-,14-/m1/s1. The van der Waals surface area contributed by atoms with Crippen LogP contribution in [0.15, 0.2) is 0 Å². The molecule has 9 nitrogen and oxygen atoms in total. The van der Waals surface area contributed by atoms with E-state index >= 15 is 0 Å². The summed E-state index contributed by atoms with van der Waals surface area (Å²) in [5.41, 5.74) is 5.27. The van der Waals surface area contributed by atoms with Gasteiger partial charge in [-0.15, -0.1) is 0 Å². The van der Waals surface area contributed by atoms with Crippen molar-refractivity contribution in [3.05, 3.63) is 0 Å². The van der Waals surface area contributed by atoms with E-state index in [0.29, 0.717) is 16.4 Å². The average molecular weight is 385 g/mol. The quantitative estimate of drug-likeness (QED) is 0.386. The van der Waals surface area contributed by atoms with Crippen LogP contribution in [-0.2, 0) is 19.1 Å². The van der Waals surface area contributed by atoms with Crippen molar-refractivity contribution in [2.24, 2.45) is 23.0 Å². The summed E-state index contributed by atoms with van der Waals surface area (Å²) in [5.74, 6) is -2.38. The Kier molecular flexibility index (Phi) is 8.36. The van der Waals surface area contributed by atoms with E-state index in [2.05, 4.69) is 4.74 Å². The fourth-order valence-corrected chi connectivity index (χ4v) is 3.24. The Morgan fingerprint density at radius 2 is 1.78 bits per heavy atom. The highest BCUT2D eigenvalue weighted by Gasteiger charge is 2.41.